The fourth-order valence-corrected chi connectivity index (χ4v) is 2.50. The zero-order valence-corrected chi connectivity index (χ0v) is 11.1. The summed E-state index contributed by atoms with van der Waals surface area (Å²) >= 11 is 0. The average Bonchev–Trinajstić information content (AvgIpc) is 2.03. The van der Waals surface area contributed by atoms with Crippen molar-refractivity contribution in [1.82, 2.24) is 0 Å². The van der Waals surface area contributed by atoms with Gasteiger partial charge in [-0.25, -0.2) is 4.79 Å². The van der Waals surface area contributed by atoms with Gasteiger partial charge in [0.2, 0.25) is 0 Å². The fourth-order valence-electron chi connectivity index (χ4n) is 1.08. The molecule has 0 saturated heterocycles. The number of carbonyl (C=O) groups is 1. The van der Waals surface area contributed by atoms with Crippen LogP contribution in [0.2, 0.25) is 12.1 Å². The summed E-state index contributed by atoms with van der Waals surface area (Å²) < 4.78 is 10.6. The minimum Gasteiger partial charge on any atom is -0.458 e. The standard InChI is InChI=1S/C10H22O3Si/c1-6-14(7-2)12-8-9(11)13-10(3,4)5/h14H,6-8H2,1-5H3. The Morgan fingerprint density at radius 3 is 2.07 bits per heavy atom. The van der Waals surface area contributed by atoms with E-state index < -0.39 is 14.6 Å². The SMILES string of the molecule is CC[SiH](CC)OCC(=O)OC(C)(C)C. The molecule has 0 aromatic carbocycles. The first-order valence-corrected chi connectivity index (χ1v) is 7.33. The maximum atomic E-state index is 11.3. The number of rotatable bonds is 5. The largest absolute Gasteiger partial charge is 0.458 e. The number of ether oxygens (including phenoxy) is 1. The van der Waals surface area contributed by atoms with Gasteiger partial charge in [-0.1, -0.05) is 13.8 Å². The molecule has 0 atom stereocenters. The van der Waals surface area contributed by atoms with Crippen LogP contribution in [0.5, 0.6) is 0 Å². The van der Waals surface area contributed by atoms with Gasteiger partial charge in [0.15, 0.2) is 9.04 Å². The van der Waals surface area contributed by atoms with Gasteiger partial charge >= 0.3 is 5.97 Å². The molecule has 0 rings (SSSR count). The minimum atomic E-state index is -1.12. The summed E-state index contributed by atoms with van der Waals surface area (Å²) in [4.78, 5) is 11.3. The van der Waals surface area contributed by atoms with Crippen molar-refractivity contribution < 1.29 is 14.0 Å². The molecule has 4 heteroatoms. The summed E-state index contributed by atoms with van der Waals surface area (Å²) in [6, 6.07) is 2.14. The second-order valence-corrected chi connectivity index (χ2v) is 7.55. The van der Waals surface area contributed by atoms with E-state index in [-0.39, 0.29) is 12.6 Å². The van der Waals surface area contributed by atoms with Gasteiger partial charge in [-0.3, -0.25) is 0 Å². The summed E-state index contributed by atoms with van der Waals surface area (Å²) in [5.74, 6) is -0.253. The lowest BCUT2D eigenvalue weighted by molar-refractivity contribution is -0.157. The van der Waals surface area contributed by atoms with Crippen molar-refractivity contribution in [3.8, 4) is 0 Å². The number of hydrogen-bond donors (Lipinski definition) is 0. The van der Waals surface area contributed by atoms with E-state index in [4.69, 9.17) is 9.16 Å². The van der Waals surface area contributed by atoms with Crippen molar-refractivity contribution in [1.29, 1.82) is 0 Å². The van der Waals surface area contributed by atoms with Crippen molar-refractivity contribution in [2.45, 2.75) is 52.3 Å². The Morgan fingerprint density at radius 1 is 1.21 bits per heavy atom. The highest BCUT2D eigenvalue weighted by Crippen LogP contribution is 2.07. The maximum absolute atomic E-state index is 11.3. The average molecular weight is 218 g/mol. The molecule has 0 aromatic rings. The lowest BCUT2D eigenvalue weighted by atomic mass is 10.2. The van der Waals surface area contributed by atoms with Gasteiger partial charge in [0.25, 0.3) is 0 Å². The summed E-state index contributed by atoms with van der Waals surface area (Å²) in [6.45, 7) is 9.92. The molecule has 84 valence electrons. The number of carbonyl (C=O) groups excluding carboxylic acids is 1. The third kappa shape index (κ3) is 7.09. The molecular weight excluding hydrogens is 196 g/mol. The minimum absolute atomic E-state index is 0.121. The molecule has 3 nitrogen and oxygen atoms in total. The van der Waals surface area contributed by atoms with Gasteiger partial charge in [0.05, 0.1) is 0 Å². The van der Waals surface area contributed by atoms with Gasteiger partial charge in [-0.05, 0) is 32.9 Å². The van der Waals surface area contributed by atoms with Crippen molar-refractivity contribution >= 4 is 15.0 Å². The quantitative estimate of drug-likeness (QED) is 0.524. The Kier molecular flexibility index (Phi) is 6.03. The van der Waals surface area contributed by atoms with E-state index in [1.165, 1.54) is 0 Å². The predicted octanol–water partition coefficient (Wildman–Crippen LogP) is 2.11. The highest BCUT2D eigenvalue weighted by Gasteiger charge is 2.17. The maximum Gasteiger partial charge on any atom is 0.331 e. The summed E-state index contributed by atoms with van der Waals surface area (Å²) in [6.07, 6.45) is 0. The molecule has 0 fully saturated rings. The lowest BCUT2D eigenvalue weighted by Crippen LogP contribution is -2.29. The normalized spacial score (nSPS) is 11.9. The van der Waals surface area contributed by atoms with Crippen LogP contribution in [0.15, 0.2) is 0 Å². The molecule has 0 spiro atoms. The van der Waals surface area contributed by atoms with Crippen LogP contribution >= 0.6 is 0 Å². The second-order valence-electron chi connectivity index (χ2n) is 4.34. The van der Waals surface area contributed by atoms with Crippen molar-refractivity contribution in [2.75, 3.05) is 6.61 Å². The van der Waals surface area contributed by atoms with Gasteiger partial charge in [0, 0.05) is 0 Å². The molecule has 0 radical (unpaired) electrons. The smallest absolute Gasteiger partial charge is 0.331 e. The molecular formula is C10H22O3Si. The molecule has 0 amide bonds. The third-order valence-corrected chi connectivity index (χ3v) is 4.23. The molecule has 0 aliphatic heterocycles. The van der Waals surface area contributed by atoms with E-state index in [2.05, 4.69) is 13.8 Å². The van der Waals surface area contributed by atoms with Crippen molar-refractivity contribution in [3.63, 3.8) is 0 Å². The first-order chi connectivity index (χ1) is 6.39. The zero-order chi connectivity index (χ0) is 11.2. The van der Waals surface area contributed by atoms with E-state index in [0.717, 1.165) is 12.1 Å². The number of esters is 1. The Morgan fingerprint density at radius 2 is 1.71 bits per heavy atom. The van der Waals surface area contributed by atoms with Gasteiger partial charge < -0.3 is 9.16 Å². The Hall–Kier alpha value is -0.353. The van der Waals surface area contributed by atoms with Crippen molar-refractivity contribution in [3.05, 3.63) is 0 Å². The Balaban J connectivity index is 3.74. The van der Waals surface area contributed by atoms with Crippen LogP contribution in [0.25, 0.3) is 0 Å². The molecule has 0 aliphatic carbocycles. The summed E-state index contributed by atoms with van der Waals surface area (Å²) in [7, 11) is -1.12. The third-order valence-electron chi connectivity index (χ3n) is 1.77. The first kappa shape index (κ1) is 13.6. The highest BCUT2D eigenvalue weighted by atomic mass is 28.3. The topological polar surface area (TPSA) is 35.5 Å². The van der Waals surface area contributed by atoms with Crippen molar-refractivity contribution in [2.24, 2.45) is 0 Å². The summed E-state index contributed by atoms with van der Waals surface area (Å²) in [5, 5.41) is 0. The second kappa shape index (κ2) is 6.19. The molecule has 0 unspecified atom stereocenters. The zero-order valence-electron chi connectivity index (χ0n) is 9.92. The molecule has 0 N–H and O–H groups in total. The van der Waals surface area contributed by atoms with Crippen LogP contribution in [-0.4, -0.2) is 27.2 Å². The lowest BCUT2D eigenvalue weighted by Gasteiger charge is -2.20. The van der Waals surface area contributed by atoms with E-state index in [1.807, 2.05) is 20.8 Å². The molecule has 0 bridgehead atoms. The monoisotopic (exact) mass is 218 g/mol. The predicted molar refractivity (Wildman–Crippen MR) is 59.9 cm³/mol. The first-order valence-electron chi connectivity index (χ1n) is 5.22. The Labute approximate surface area is 88.5 Å². The van der Waals surface area contributed by atoms with Crippen LogP contribution in [0.4, 0.5) is 0 Å². The van der Waals surface area contributed by atoms with Crippen LogP contribution in [0.3, 0.4) is 0 Å². The van der Waals surface area contributed by atoms with Crippen LogP contribution in [0.1, 0.15) is 34.6 Å². The highest BCUT2D eigenvalue weighted by molar-refractivity contribution is 6.51. The van der Waals surface area contributed by atoms with Crippen LogP contribution in [0, 0.1) is 0 Å². The van der Waals surface area contributed by atoms with E-state index in [1.54, 1.807) is 0 Å². The van der Waals surface area contributed by atoms with Gasteiger partial charge in [-0.15, -0.1) is 0 Å². The molecule has 14 heavy (non-hydrogen) atoms. The van der Waals surface area contributed by atoms with E-state index in [0.29, 0.717) is 0 Å². The molecule has 0 aromatic heterocycles. The molecule has 0 saturated carbocycles. The van der Waals surface area contributed by atoms with Crippen LogP contribution in [-0.2, 0) is 14.0 Å². The van der Waals surface area contributed by atoms with E-state index >= 15 is 0 Å². The van der Waals surface area contributed by atoms with E-state index in [9.17, 15) is 4.79 Å². The fraction of sp³-hybridized carbons (Fsp3) is 0.900. The number of hydrogen-bond acceptors (Lipinski definition) is 3. The molecule has 0 heterocycles. The Bertz CT molecular complexity index is 171. The molecule has 0 aliphatic rings. The summed E-state index contributed by atoms with van der Waals surface area (Å²) in [5.41, 5.74) is -0.407. The van der Waals surface area contributed by atoms with Gasteiger partial charge in [-0.2, -0.15) is 0 Å². The van der Waals surface area contributed by atoms with Gasteiger partial charge in [0.1, 0.15) is 12.2 Å². The van der Waals surface area contributed by atoms with Crippen LogP contribution < -0.4 is 0 Å².